The van der Waals surface area contributed by atoms with Gasteiger partial charge in [-0.1, -0.05) is 27.4 Å². The number of hydrogen-bond acceptors (Lipinski definition) is 6. The Balaban J connectivity index is 2.79. The van der Waals surface area contributed by atoms with E-state index in [4.69, 9.17) is 4.74 Å². The minimum atomic E-state index is -3.64. The van der Waals surface area contributed by atoms with Crippen LogP contribution in [0.5, 0.6) is 0 Å². The first-order chi connectivity index (χ1) is 12.2. The predicted octanol–water partition coefficient (Wildman–Crippen LogP) is 2.99. The lowest BCUT2D eigenvalue weighted by Crippen LogP contribution is -2.50. The van der Waals surface area contributed by atoms with E-state index in [2.05, 4.69) is 29.8 Å². The zero-order valence-corrected chi connectivity index (χ0v) is 19.0. The van der Waals surface area contributed by atoms with Gasteiger partial charge in [-0.05, 0) is 44.9 Å². The molecule has 156 valence electrons. The van der Waals surface area contributed by atoms with Crippen LogP contribution in [0.4, 0.5) is 0 Å². The van der Waals surface area contributed by atoms with Crippen molar-refractivity contribution in [3.8, 4) is 0 Å². The minimum Gasteiger partial charge on any atom is -0.381 e. The highest BCUT2D eigenvalue weighted by Gasteiger charge is 2.43. The minimum absolute atomic E-state index is 0.0135. The summed E-state index contributed by atoms with van der Waals surface area (Å²) in [6.07, 6.45) is 1.40. The average molecular weight is 419 g/mol. The molecule has 1 heterocycles. The quantitative estimate of drug-likeness (QED) is 0.554. The highest BCUT2D eigenvalue weighted by Crippen LogP contribution is 2.30. The molecule has 2 N–H and O–H groups in total. The number of amides is 1. The summed E-state index contributed by atoms with van der Waals surface area (Å²) < 4.78 is 29.4. The second kappa shape index (κ2) is 9.01. The Hall–Kier alpha value is -0.990. The van der Waals surface area contributed by atoms with E-state index >= 15 is 0 Å². The van der Waals surface area contributed by atoms with E-state index in [1.54, 1.807) is 0 Å². The summed E-state index contributed by atoms with van der Waals surface area (Å²) in [5.74, 6) is -0.361. The predicted molar refractivity (Wildman–Crippen MR) is 113 cm³/mol. The first-order valence-electron chi connectivity index (χ1n) is 9.16. The second-order valence-electron chi connectivity index (χ2n) is 8.63. The molecule has 1 amide bonds. The zero-order chi connectivity index (χ0) is 21.0. The van der Waals surface area contributed by atoms with Gasteiger partial charge in [0.1, 0.15) is 10.6 Å². The fourth-order valence-corrected chi connectivity index (χ4v) is 4.50. The Bertz CT molecular complexity index is 698. The molecule has 1 aliphatic heterocycles. The van der Waals surface area contributed by atoms with Gasteiger partial charge in [-0.2, -0.15) is 0 Å². The van der Waals surface area contributed by atoms with Gasteiger partial charge in [0, 0.05) is 23.8 Å². The van der Waals surface area contributed by atoms with Gasteiger partial charge in [-0.25, -0.2) is 8.42 Å². The van der Waals surface area contributed by atoms with Gasteiger partial charge in [-0.3, -0.25) is 4.79 Å². The summed E-state index contributed by atoms with van der Waals surface area (Å²) in [5, 5.41) is 5.57. The summed E-state index contributed by atoms with van der Waals surface area (Å²) in [4.78, 5) is 13.5. The van der Waals surface area contributed by atoms with Gasteiger partial charge in [0.15, 0.2) is 9.84 Å². The van der Waals surface area contributed by atoms with Crippen LogP contribution < -0.4 is 10.6 Å². The van der Waals surface area contributed by atoms with Crippen molar-refractivity contribution in [1.82, 2.24) is 10.6 Å². The Labute approximate surface area is 169 Å². The molecule has 0 aromatic carbocycles. The highest BCUT2D eigenvalue weighted by molar-refractivity contribution is 7.93. The van der Waals surface area contributed by atoms with Crippen molar-refractivity contribution in [3.05, 3.63) is 23.0 Å². The zero-order valence-electron chi connectivity index (χ0n) is 17.3. The second-order valence-corrected chi connectivity index (χ2v) is 11.7. The normalized spacial score (nSPS) is 17.9. The number of hydrogen-bond donors (Lipinski definition) is 3. The van der Waals surface area contributed by atoms with E-state index in [0.717, 1.165) is 10.6 Å². The van der Waals surface area contributed by atoms with Crippen molar-refractivity contribution in [2.24, 2.45) is 11.3 Å². The van der Waals surface area contributed by atoms with Crippen LogP contribution in [0.2, 0.25) is 0 Å². The lowest BCUT2D eigenvalue weighted by atomic mass is 9.95. The molecule has 0 unspecified atom stereocenters. The first kappa shape index (κ1) is 24.0. The molecule has 27 heavy (non-hydrogen) atoms. The molecule has 6 nitrogen and oxygen atoms in total. The Kier molecular flexibility index (Phi) is 8.02. The van der Waals surface area contributed by atoms with Crippen LogP contribution >= 0.6 is 12.6 Å². The smallest absolute Gasteiger partial charge is 0.246 e. The van der Waals surface area contributed by atoms with Crippen LogP contribution in [0, 0.1) is 11.3 Å². The molecule has 0 aromatic heterocycles. The standard InChI is InChI=1S/C19H34N2O4S2/c1-13(16(26)18(3,4)5)20-14(2)21-17(22)19(6,7)27(23,24)12-15-8-10-25-11-9-15/h15,20,26H,2,8-12H2,1,3-7H3,(H,21,22)/b16-13-. The molecule has 0 aliphatic carbocycles. The van der Waals surface area contributed by atoms with Crippen molar-refractivity contribution in [2.45, 2.75) is 59.1 Å². The molecule has 1 aliphatic rings. The molecule has 0 spiro atoms. The average Bonchev–Trinajstić information content (AvgIpc) is 2.53. The molecule has 0 bridgehead atoms. The lowest BCUT2D eigenvalue weighted by molar-refractivity contribution is -0.122. The summed E-state index contributed by atoms with van der Waals surface area (Å²) in [6.45, 7) is 15.7. The summed E-state index contributed by atoms with van der Waals surface area (Å²) in [6, 6.07) is 0. The third kappa shape index (κ3) is 6.54. The van der Waals surface area contributed by atoms with Crippen molar-refractivity contribution >= 4 is 28.4 Å². The van der Waals surface area contributed by atoms with Gasteiger partial charge >= 0.3 is 0 Å². The molecule has 0 radical (unpaired) electrons. The SMILES string of the molecule is C=C(NC(=O)C(C)(C)S(=O)(=O)CC1CCOCC1)N/C(C)=C(\S)C(C)(C)C. The number of nitrogens with one attached hydrogen (secondary N) is 2. The number of ether oxygens (including phenoxy) is 1. The molecule has 0 aromatic rings. The number of thiol groups is 1. The largest absolute Gasteiger partial charge is 0.381 e. The van der Waals surface area contributed by atoms with E-state index in [1.165, 1.54) is 13.8 Å². The van der Waals surface area contributed by atoms with Gasteiger partial charge in [-0.15, -0.1) is 12.6 Å². The van der Waals surface area contributed by atoms with Crippen LogP contribution in [0.1, 0.15) is 54.4 Å². The maximum Gasteiger partial charge on any atom is 0.246 e. The number of rotatable bonds is 7. The molecule has 1 saturated heterocycles. The summed E-state index contributed by atoms with van der Waals surface area (Å²) >= 11 is 4.50. The van der Waals surface area contributed by atoms with Crippen LogP contribution in [0.15, 0.2) is 23.0 Å². The molecule has 0 saturated carbocycles. The number of sulfone groups is 1. The Morgan fingerprint density at radius 2 is 1.67 bits per heavy atom. The van der Waals surface area contributed by atoms with E-state index in [0.29, 0.717) is 26.1 Å². The van der Waals surface area contributed by atoms with Gasteiger partial charge in [0.05, 0.1) is 5.75 Å². The Morgan fingerprint density at radius 3 is 2.15 bits per heavy atom. The van der Waals surface area contributed by atoms with Crippen molar-refractivity contribution in [1.29, 1.82) is 0 Å². The summed E-state index contributed by atoms with van der Waals surface area (Å²) in [5.41, 5.74) is 0.593. The highest BCUT2D eigenvalue weighted by atomic mass is 32.2. The molecule has 0 atom stereocenters. The first-order valence-corrected chi connectivity index (χ1v) is 11.3. The molecule has 1 fully saturated rings. The van der Waals surface area contributed by atoms with E-state index in [-0.39, 0.29) is 22.9 Å². The van der Waals surface area contributed by atoms with E-state index < -0.39 is 20.5 Å². The number of allylic oxidation sites excluding steroid dienone is 2. The van der Waals surface area contributed by atoms with Crippen molar-refractivity contribution in [2.75, 3.05) is 19.0 Å². The van der Waals surface area contributed by atoms with Gasteiger partial charge < -0.3 is 15.4 Å². The molecule has 1 rings (SSSR count). The third-order valence-corrected chi connectivity index (χ3v) is 8.45. The van der Waals surface area contributed by atoms with Crippen molar-refractivity contribution < 1.29 is 17.9 Å². The number of carbonyl (C=O) groups excluding carboxylic acids is 1. The van der Waals surface area contributed by atoms with Gasteiger partial charge in [0.2, 0.25) is 5.91 Å². The van der Waals surface area contributed by atoms with Crippen molar-refractivity contribution in [3.63, 3.8) is 0 Å². The fourth-order valence-electron chi connectivity index (χ4n) is 2.74. The maximum absolute atomic E-state index is 12.8. The topological polar surface area (TPSA) is 84.5 Å². The number of carbonyl (C=O) groups is 1. The molecular formula is C19H34N2O4S2. The van der Waals surface area contributed by atoms with Crippen LogP contribution in [-0.4, -0.2) is 38.0 Å². The van der Waals surface area contributed by atoms with E-state index in [9.17, 15) is 13.2 Å². The maximum atomic E-state index is 12.8. The molecular weight excluding hydrogens is 384 g/mol. The van der Waals surface area contributed by atoms with Crippen LogP contribution in [0.25, 0.3) is 0 Å². The fraction of sp³-hybridized carbons (Fsp3) is 0.737. The monoisotopic (exact) mass is 418 g/mol. The van der Waals surface area contributed by atoms with E-state index in [1.807, 2.05) is 27.7 Å². The van der Waals surface area contributed by atoms with Crippen LogP contribution in [-0.2, 0) is 19.4 Å². The molecule has 8 heteroatoms. The van der Waals surface area contributed by atoms with Gasteiger partial charge in [0.25, 0.3) is 0 Å². The van der Waals surface area contributed by atoms with Crippen LogP contribution in [0.3, 0.4) is 0 Å². The third-order valence-electron chi connectivity index (χ3n) is 4.79. The Morgan fingerprint density at radius 1 is 1.15 bits per heavy atom. The summed E-state index contributed by atoms with van der Waals surface area (Å²) in [7, 11) is -3.64. The lowest BCUT2D eigenvalue weighted by Gasteiger charge is -2.29.